The number of piperazine rings is 1. The molecule has 2 atom stereocenters. The number of hydrogen-bond acceptors (Lipinski definition) is 7. The first-order valence-corrected chi connectivity index (χ1v) is 15.0. The largest absolute Gasteiger partial charge is 0.480 e. The summed E-state index contributed by atoms with van der Waals surface area (Å²) in [5, 5.41) is 22.7. The number of nitrogens with one attached hydrogen (secondary N) is 1. The number of aliphatic carboxylic acids is 1. The van der Waals surface area contributed by atoms with E-state index in [0.717, 1.165) is 21.4 Å². The minimum Gasteiger partial charge on any atom is -0.480 e. The second-order valence-electron chi connectivity index (χ2n) is 10.1. The van der Waals surface area contributed by atoms with E-state index in [9.17, 15) is 23.5 Å². The minimum absolute atomic E-state index is 0.125. The molecular weight excluding hydrogens is 570 g/mol. The number of ether oxygens (including phenoxy) is 1. The molecule has 1 saturated heterocycles. The summed E-state index contributed by atoms with van der Waals surface area (Å²) in [6.07, 6.45) is 2.50. The second-order valence-corrected chi connectivity index (χ2v) is 10.9. The molecule has 12 heteroatoms. The Bertz CT molecular complexity index is 1450. The molecule has 0 aromatic heterocycles. The lowest BCUT2D eigenvalue weighted by Gasteiger charge is -2.42. The van der Waals surface area contributed by atoms with Gasteiger partial charge in [-0.15, -0.1) is 4.41 Å². The standard InChI is InChI=1S/C31H37N5O6S/c1-5-26(6-2)42-28-14-11-24(21-27(28)30(37)33-16-15-32)8-7-23-9-12-25(13-10-23)34-17-19-35(20-18-34)36(43(40)41)29(22(3)4)31(38)39/h5,9-14,21-22,29H,6,16-20H2,1-4H3,(H,33,37)(H,38,39)(H,40,41). The number of carbonyl (C=O) groups excluding carboxylic acids is 1. The Morgan fingerprint density at radius 3 is 2.28 bits per heavy atom. The molecule has 1 fully saturated rings. The fourth-order valence-corrected chi connectivity index (χ4v) is 5.51. The third-order valence-corrected chi connectivity index (χ3v) is 7.64. The van der Waals surface area contributed by atoms with Gasteiger partial charge in [0.25, 0.3) is 5.91 Å². The van der Waals surface area contributed by atoms with E-state index >= 15 is 0 Å². The van der Waals surface area contributed by atoms with Gasteiger partial charge < -0.3 is 20.1 Å². The first kappa shape index (κ1) is 33.3. The lowest BCUT2D eigenvalue weighted by molar-refractivity contribution is -0.148. The molecule has 0 bridgehead atoms. The molecule has 2 aromatic rings. The van der Waals surface area contributed by atoms with Crippen molar-refractivity contribution in [1.29, 1.82) is 5.26 Å². The van der Waals surface area contributed by atoms with E-state index in [1.165, 1.54) is 0 Å². The van der Waals surface area contributed by atoms with Crippen LogP contribution in [0.2, 0.25) is 0 Å². The zero-order valence-corrected chi connectivity index (χ0v) is 25.6. The van der Waals surface area contributed by atoms with Crippen molar-refractivity contribution >= 4 is 28.8 Å². The third kappa shape index (κ3) is 8.89. The van der Waals surface area contributed by atoms with Crippen molar-refractivity contribution in [2.24, 2.45) is 5.92 Å². The number of anilines is 1. The van der Waals surface area contributed by atoms with Gasteiger partial charge in [-0.3, -0.25) is 14.1 Å². The summed E-state index contributed by atoms with van der Waals surface area (Å²) >= 11 is -2.46. The molecule has 1 heterocycles. The molecule has 1 aliphatic heterocycles. The minimum atomic E-state index is -2.46. The van der Waals surface area contributed by atoms with Crippen molar-refractivity contribution in [3.05, 3.63) is 71.0 Å². The summed E-state index contributed by atoms with van der Waals surface area (Å²) in [5.41, 5.74) is 2.62. The second kappa shape index (κ2) is 15.9. The Kier molecular flexibility index (Phi) is 12.3. The third-order valence-electron chi connectivity index (χ3n) is 6.86. The van der Waals surface area contributed by atoms with Crippen LogP contribution in [0.1, 0.15) is 55.6 Å². The number of rotatable bonds is 11. The van der Waals surface area contributed by atoms with Crippen LogP contribution in [0.5, 0.6) is 5.75 Å². The SMILES string of the molecule is CC=C(CC)Oc1ccc(C#Cc2ccc(N3CCN(N(C(C(=O)O)C(C)C)S(=O)O)CC3)cc2)cc1C(=O)NCC#N. The number of carboxylic acid groups (broad SMARTS) is 1. The number of nitriles is 1. The van der Waals surface area contributed by atoms with Gasteiger partial charge >= 0.3 is 5.97 Å². The Balaban J connectivity index is 1.72. The summed E-state index contributed by atoms with van der Waals surface area (Å²) < 4.78 is 28.9. The lowest BCUT2D eigenvalue weighted by atomic mass is 10.1. The number of hydrogen-bond donors (Lipinski definition) is 3. The number of benzene rings is 2. The highest BCUT2D eigenvalue weighted by Crippen LogP contribution is 2.24. The zero-order valence-electron chi connectivity index (χ0n) is 24.7. The Morgan fingerprint density at radius 1 is 1.12 bits per heavy atom. The molecule has 2 unspecified atom stereocenters. The van der Waals surface area contributed by atoms with Crippen LogP contribution >= 0.6 is 0 Å². The molecule has 1 aliphatic rings. The maximum Gasteiger partial charge on any atom is 0.323 e. The molecule has 2 aromatic carbocycles. The summed E-state index contributed by atoms with van der Waals surface area (Å²) in [6.45, 7) is 8.98. The normalized spacial score (nSPS) is 15.3. The van der Waals surface area contributed by atoms with Crippen LogP contribution < -0.4 is 15.0 Å². The van der Waals surface area contributed by atoms with E-state index in [4.69, 9.17) is 10.00 Å². The van der Waals surface area contributed by atoms with E-state index in [1.807, 2.05) is 50.3 Å². The smallest absolute Gasteiger partial charge is 0.323 e. The van der Waals surface area contributed by atoms with Crippen molar-refractivity contribution in [3.8, 4) is 23.7 Å². The molecule has 0 spiro atoms. The van der Waals surface area contributed by atoms with Crippen molar-refractivity contribution in [2.75, 3.05) is 37.6 Å². The van der Waals surface area contributed by atoms with Gasteiger partial charge in [0, 0.05) is 49.4 Å². The molecule has 43 heavy (non-hydrogen) atoms. The molecule has 228 valence electrons. The fourth-order valence-electron chi connectivity index (χ4n) is 4.62. The monoisotopic (exact) mass is 607 g/mol. The Labute approximate surface area is 255 Å². The molecule has 0 aliphatic carbocycles. The Morgan fingerprint density at radius 2 is 1.74 bits per heavy atom. The number of hydrazine groups is 1. The highest BCUT2D eigenvalue weighted by Gasteiger charge is 2.38. The van der Waals surface area contributed by atoms with Crippen molar-refractivity contribution in [1.82, 2.24) is 14.7 Å². The van der Waals surface area contributed by atoms with Crippen molar-refractivity contribution in [2.45, 2.75) is 40.2 Å². The maximum absolute atomic E-state index is 12.7. The first-order chi connectivity index (χ1) is 20.6. The molecule has 11 nitrogen and oxygen atoms in total. The summed E-state index contributed by atoms with van der Waals surface area (Å²) in [4.78, 5) is 26.6. The average Bonchev–Trinajstić information content (AvgIpc) is 3.00. The number of allylic oxidation sites excluding steroid dienone is 2. The van der Waals surface area contributed by atoms with Crippen LogP contribution in [0.25, 0.3) is 0 Å². The molecule has 0 radical (unpaired) electrons. The average molecular weight is 608 g/mol. The van der Waals surface area contributed by atoms with Crippen LogP contribution in [0.3, 0.4) is 0 Å². The van der Waals surface area contributed by atoms with Gasteiger partial charge in [-0.2, -0.15) is 5.26 Å². The van der Waals surface area contributed by atoms with Crippen molar-refractivity contribution in [3.63, 3.8) is 0 Å². The fraction of sp³-hybridized carbons (Fsp3) is 0.387. The van der Waals surface area contributed by atoms with Gasteiger partial charge in [0.05, 0.1) is 17.4 Å². The van der Waals surface area contributed by atoms with Gasteiger partial charge in [0.2, 0.25) is 11.3 Å². The highest BCUT2D eigenvalue weighted by molar-refractivity contribution is 7.76. The number of carboxylic acids is 1. The molecule has 0 saturated carbocycles. The van der Waals surface area contributed by atoms with Crippen molar-refractivity contribution < 1.29 is 28.2 Å². The van der Waals surface area contributed by atoms with E-state index in [2.05, 4.69) is 22.1 Å². The summed E-state index contributed by atoms with van der Waals surface area (Å²) in [7, 11) is 0. The van der Waals surface area contributed by atoms with Gasteiger partial charge in [-0.05, 0) is 61.4 Å². The topological polar surface area (TPSA) is 146 Å². The van der Waals surface area contributed by atoms with Crippen LogP contribution in [-0.2, 0) is 16.1 Å². The summed E-state index contributed by atoms with van der Waals surface area (Å²) in [5.74, 6) is 5.38. The van der Waals surface area contributed by atoms with Gasteiger partial charge in [-0.25, -0.2) is 9.22 Å². The first-order valence-electron chi connectivity index (χ1n) is 14.0. The van der Waals surface area contributed by atoms with Gasteiger partial charge in [-0.1, -0.05) is 32.6 Å². The zero-order chi connectivity index (χ0) is 31.5. The van der Waals surface area contributed by atoms with Crippen LogP contribution in [0, 0.1) is 29.1 Å². The number of nitrogens with zero attached hydrogens (tertiary/aromatic N) is 4. The van der Waals surface area contributed by atoms with E-state index in [-0.39, 0.29) is 18.0 Å². The maximum atomic E-state index is 12.7. The van der Waals surface area contributed by atoms with Crippen LogP contribution in [-0.4, -0.2) is 73.9 Å². The molecule has 3 N–H and O–H groups in total. The summed E-state index contributed by atoms with van der Waals surface area (Å²) in [6, 6.07) is 13.6. The predicted octanol–water partition coefficient (Wildman–Crippen LogP) is 3.62. The molecular formula is C31H37N5O6S. The van der Waals surface area contributed by atoms with Gasteiger partial charge in [0.1, 0.15) is 18.3 Å². The predicted molar refractivity (Wildman–Crippen MR) is 164 cm³/mol. The van der Waals surface area contributed by atoms with Crippen LogP contribution in [0.15, 0.2) is 54.3 Å². The lowest BCUT2D eigenvalue weighted by Crippen LogP contribution is -2.60. The van der Waals surface area contributed by atoms with Gasteiger partial charge in [0.15, 0.2) is 0 Å². The van der Waals surface area contributed by atoms with E-state index < -0.39 is 29.2 Å². The Hall–Kier alpha value is -4.20. The number of carbonyl (C=O) groups is 2. The molecule has 1 amide bonds. The highest BCUT2D eigenvalue weighted by atomic mass is 32.2. The quantitative estimate of drug-likeness (QED) is 0.151. The van der Waals surface area contributed by atoms with E-state index in [1.54, 1.807) is 37.1 Å². The van der Waals surface area contributed by atoms with Crippen LogP contribution in [0.4, 0.5) is 5.69 Å². The molecule has 3 rings (SSSR count). The number of amides is 1. The van der Waals surface area contributed by atoms with E-state index in [0.29, 0.717) is 43.9 Å².